The van der Waals surface area contributed by atoms with Gasteiger partial charge in [-0.15, -0.1) is 11.3 Å². The molecule has 0 saturated heterocycles. The van der Waals surface area contributed by atoms with E-state index in [0.717, 1.165) is 36.8 Å². The molecule has 166 valence electrons. The van der Waals surface area contributed by atoms with E-state index in [1.807, 2.05) is 6.07 Å². The summed E-state index contributed by atoms with van der Waals surface area (Å²) in [5.41, 5.74) is 2.30. The molecule has 1 aromatic carbocycles. The third kappa shape index (κ3) is 5.28. The van der Waals surface area contributed by atoms with Crippen LogP contribution < -0.4 is 14.8 Å². The highest BCUT2D eigenvalue weighted by Gasteiger charge is 2.29. The van der Waals surface area contributed by atoms with E-state index in [0.29, 0.717) is 34.6 Å². The topological polar surface area (TPSA) is 73.9 Å². The second kappa shape index (κ2) is 10.5. The lowest BCUT2D eigenvalue weighted by Gasteiger charge is -2.20. The minimum atomic E-state index is -0.369. The maximum absolute atomic E-state index is 12.7. The van der Waals surface area contributed by atoms with E-state index in [1.54, 1.807) is 39.4 Å². The SMILES string of the molecule is CCOC(=O)c1c(NC(=O)/C=C/c2ccc(OC)cc2OC)sc2c1CC[C@@H](CC)C2. The number of benzene rings is 1. The molecule has 0 bridgehead atoms. The molecule has 1 amide bonds. The molecular formula is C24H29NO5S. The molecule has 1 aliphatic rings. The molecule has 1 aliphatic carbocycles. The van der Waals surface area contributed by atoms with Crippen molar-refractivity contribution in [1.82, 2.24) is 0 Å². The molecule has 1 N–H and O–H groups in total. The summed E-state index contributed by atoms with van der Waals surface area (Å²) in [4.78, 5) is 26.5. The van der Waals surface area contributed by atoms with Crippen LogP contribution in [0.25, 0.3) is 6.08 Å². The Morgan fingerprint density at radius 2 is 2.03 bits per heavy atom. The molecule has 0 spiro atoms. The molecule has 0 saturated carbocycles. The number of methoxy groups -OCH3 is 2. The number of hydrogen-bond donors (Lipinski definition) is 1. The summed E-state index contributed by atoms with van der Waals surface area (Å²) in [6.45, 7) is 4.27. The van der Waals surface area contributed by atoms with Crippen LogP contribution in [0.5, 0.6) is 11.5 Å². The number of amides is 1. The van der Waals surface area contributed by atoms with Gasteiger partial charge in [-0.25, -0.2) is 4.79 Å². The first-order valence-electron chi connectivity index (χ1n) is 10.5. The van der Waals surface area contributed by atoms with Crippen LogP contribution in [0.15, 0.2) is 24.3 Å². The summed E-state index contributed by atoms with van der Waals surface area (Å²) in [5.74, 6) is 1.21. The van der Waals surface area contributed by atoms with E-state index in [4.69, 9.17) is 14.2 Å². The lowest BCUT2D eigenvalue weighted by Crippen LogP contribution is -2.16. The Kier molecular flexibility index (Phi) is 7.74. The van der Waals surface area contributed by atoms with Gasteiger partial charge in [0.05, 0.1) is 26.4 Å². The van der Waals surface area contributed by atoms with Crippen LogP contribution in [0.3, 0.4) is 0 Å². The highest BCUT2D eigenvalue weighted by Crippen LogP contribution is 2.40. The Balaban J connectivity index is 1.83. The first-order chi connectivity index (χ1) is 15.0. The number of hydrogen-bond acceptors (Lipinski definition) is 6. The van der Waals surface area contributed by atoms with Gasteiger partial charge in [-0.1, -0.05) is 13.3 Å². The number of fused-ring (bicyclic) bond motifs is 1. The number of nitrogens with one attached hydrogen (secondary N) is 1. The van der Waals surface area contributed by atoms with Crippen LogP contribution in [0.4, 0.5) is 5.00 Å². The fourth-order valence-corrected chi connectivity index (χ4v) is 5.14. The lowest BCUT2D eigenvalue weighted by atomic mass is 9.85. The van der Waals surface area contributed by atoms with E-state index >= 15 is 0 Å². The Labute approximate surface area is 187 Å². The zero-order valence-corrected chi connectivity index (χ0v) is 19.3. The first-order valence-corrected chi connectivity index (χ1v) is 11.3. The number of rotatable bonds is 8. The van der Waals surface area contributed by atoms with Gasteiger partial charge in [0.2, 0.25) is 5.91 Å². The largest absolute Gasteiger partial charge is 0.497 e. The van der Waals surface area contributed by atoms with Crippen molar-refractivity contribution in [3.05, 3.63) is 45.8 Å². The van der Waals surface area contributed by atoms with Crippen molar-refractivity contribution in [1.29, 1.82) is 0 Å². The van der Waals surface area contributed by atoms with Crippen molar-refractivity contribution in [2.45, 2.75) is 39.5 Å². The van der Waals surface area contributed by atoms with Crippen molar-refractivity contribution in [3.63, 3.8) is 0 Å². The molecule has 1 heterocycles. The molecule has 6 nitrogen and oxygen atoms in total. The third-order valence-corrected chi connectivity index (χ3v) is 6.69. The summed E-state index contributed by atoms with van der Waals surface area (Å²) in [6.07, 6.45) is 7.06. The molecule has 2 aromatic rings. The standard InChI is InChI=1S/C24H29NO5S/c1-5-15-7-11-18-20(13-15)31-23(22(18)24(27)30-6-2)25-21(26)12-9-16-8-10-17(28-3)14-19(16)29-4/h8-10,12,14-15H,5-7,11,13H2,1-4H3,(H,25,26)/b12-9+/t15-/m1/s1. The maximum Gasteiger partial charge on any atom is 0.341 e. The van der Waals surface area contributed by atoms with Crippen molar-refractivity contribution in [3.8, 4) is 11.5 Å². The van der Waals surface area contributed by atoms with E-state index in [-0.39, 0.29) is 11.9 Å². The predicted molar refractivity (Wildman–Crippen MR) is 123 cm³/mol. The van der Waals surface area contributed by atoms with Gasteiger partial charge in [0.15, 0.2) is 0 Å². The van der Waals surface area contributed by atoms with Gasteiger partial charge in [-0.05, 0) is 55.9 Å². The molecule has 31 heavy (non-hydrogen) atoms. The van der Waals surface area contributed by atoms with Crippen LogP contribution in [-0.4, -0.2) is 32.7 Å². The number of ether oxygens (including phenoxy) is 3. The molecule has 1 aromatic heterocycles. The maximum atomic E-state index is 12.7. The van der Waals surface area contributed by atoms with E-state index in [2.05, 4.69) is 12.2 Å². The summed E-state index contributed by atoms with van der Waals surface area (Å²) in [7, 11) is 3.15. The lowest BCUT2D eigenvalue weighted by molar-refractivity contribution is -0.111. The van der Waals surface area contributed by atoms with Crippen molar-refractivity contribution < 1.29 is 23.8 Å². The minimum Gasteiger partial charge on any atom is -0.497 e. The smallest absolute Gasteiger partial charge is 0.341 e. The number of carbonyl (C=O) groups is 2. The van der Waals surface area contributed by atoms with Crippen LogP contribution >= 0.6 is 11.3 Å². The van der Waals surface area contributed by atoms with Crippen molar-refractivity contribution >= 4 is 34.3 Å². The number of thiophene rings is 1. The molecule has 0 unspecified atom stereocenters. The van der Waals surface area contributed by atoms with Crippen LogP contribution in [0.2, 0.25) is 0 Å². The third-order valence-electron chi connectivity index (χ3n) is 5.52. The zero-order chi connectivity index (χ0) is 22.4. The molecule has 0 radical (unpaired) electrons. The predicted octanol–water partition coefficient (Wildman–Crippen LogP) is 5.11. The average molecular weight is 444 g/mol. The number of anilines is 1. The second-order valence-electron chi connectivity index (χ2n) is 7.38. The molecule has 0 fully saturated rings. The van der Waals surface area contributed by atoms with Crippen LogP contribution in [0.1, 0.15) is 53.1 Å². The Morgan fingerprint density at radius 1 is 1.23 bits per heavy atom. The van der Waals surface area contributed by atoms with Gasteiger partial charge in [0.25, 0.3) is 0 Å². The van der Waals surface area contributed by atoms with Gasteiger partial charge < -0.3 is 19.5 Å². The van der Waals surface area contributed by atoms with Crippen LogP contribution in [-0.2, 0) is 22.4 Å². The van der Waals surface area contributed by atoms with Gasteiger partial charge >= 0.3 is 5.97 Å². The van der Waals surface area contributed by atoms with Gasteiger partial charge in [0, 0.05) is 22.6 Å². The van der Waals surface area contributed by atoms with E-state index < -0.39 is 0 Å². The summed E-state index contributed by atoms with van der Waals surface area (Å²) in [5, 5.41) is 3.46. The Hall–Kier alpha value is -2.80. The van der Waals surface area contributed by atoms with Crippen molar-refractivity contribution in [2.24, 2.45) is 5.92 Å². The fraction of sp³-hybridized carbons (Fsp3) is 0.417. The van der Waals surface area contributed by atoms with Gasteiger partial charge in [-0.3, -0.25) is 4.79 Å². The zero-order valence-electron chi connectivity index (χ0n) is 18.4. The normalized spacial score (nSPS) is 15.4. The summed E-state index contributed by atoms with van der Waals surface area (Å²) < 4.78 is 15.9. The Morgan fingerprint density at radius 3 is 2.71 bits per heavy atom. The molecule has 0 aliphatic heterocycles. The molecule has 1 atom stereocenters. The fourth-order valence-electron chi connectivity index (χ4n) is 3.79. The Bertz CT molecular complexity index is 979. The average Bonchev–Trinajstić information content (AvgIpc) is 3.14. The molecule has 3 rings (SSSR count). The summed E-state index contributed by atoms with van der Waals surface area (Å²) >= 11 is 1.49. The monoisotopic (exact) mass is 443 g/mol. The minimum absolute atomic E-state index is 0.297. The second-order valence-corrected chi connectivity index (χ2v) is 8.48. The number of carbonyl (C=O) groups excluding carboxylic acids is 2. The quantitative estimate of drug-likeness (QED) is 0.453. The molecule has 7 heteroatoms. The summed E-state index contributed by atoms with van der Waals surface area (Å²) in [6, 6.07) is 5.38. The highest BCUT2D eigenvalue weighted by atomic mass is 32.1. The highest BCUT2D eigenvalue weighted by molar-refractivity contribution is 7.17. The molecular weight excluding hydrogens is 414 g/mol. The number of esters is 1. The van der Waals surface area contributed by atoms with E-state index in [9.17, 15) is 9.59 Å². The van der Waals surface area contributed by atoms with Crippen molar-refractivity contribution in [2.75, 3.05) is 26.1 Å². The van der Waals surface area contributed by atoms with Gasteiger partial charge in [-0.2, -0.15) is 0 Å². The van der Waals surface area contributed by atoms with Gasteiger partial charge in [0.1, 0.15) is 16.5 Å². The van der Waals surface area contributed by atoms with Crippen LogP contribution in [0, 0.1) is 5.92 Å². The first kappa shape index (κ1) is 22.9. The van der Waals surface area contributed by atoms with E-state index in [1.165, 1.54) is 22.3 Å².